The second-order valence-electron chi connectivity index (χ2n) is 6.49. The highest BCUT2D eigenvalue weighted by Crippen LogP contribution is 2.18. The largest absolute Gasteiger partial charge is 0.309 e. The molecule has 1 aliphatic heterocycles. The van der Waals surface area contributed by atoms with E-state index in [2.05, 4.69) is 36.3 Å². The molecule has 0 bridgehead atoms. The van der Waals surface area contributed by atoms with Gasteiger partial charge in [0.1, 0.15) is 17.3 Å². The van der Waals surface area contributed by atoms with E-state index < -0.39 is 0 Å². The summed E-state index contributed by atoms with van der Waals surface area (Å²) in [5, 5.41) is 2.79. The normalized spacial score (nSPS) is 15.6. The summed E-state index contributed by atoms with van der Waals surface area (Å²) in [5.41, 5.74) is 3.51. The van der Waals surface area contributed by atoms with E-state index in [1.165, 1.54) is 17.7 Å². The first-order valence-electron chi connectivity index (χ1n) is 8.46. The van der Waals surface area contributed by atoms with Crippen LogP contribution in [0.1, 0.15) is 42.9 Å². The second kappa shape index (κ2) is 7.43. The number of carbonyl (C=O) groups excluding carboxylic acids is 1. The number of amides is 1. The summed E-state index contributed by atoms with van der Waals surface area (Å²) >= 11 is 0. The van der Waals surface area contributed by atoms with E-state index in [-0.39, 0.29) is 11.7 Å². The fourth-order valence-electron chi connectivity index (χ4n) is 2.73. The molecule has 0 saturated carbocycles. The van der Waals surface area contributed by atoms with Crippen LogP contribution in [-0.4, -0.2) is 11.7 Å². The number of amidine groups is 1. The molecule has 1 amide bonds. The topological polar surface area (TPSA) is 41.5 Å². The summed E-state index contributed by atoms with van der Waals surface area (Å²) in [6, 6.07) is 14.6. The number of hydrogen-bond donors (Lipinski definition) is 1. The van der Waals surface area contributed by atoms with Gasteiger partial charge in [0.25, 0.3) is 5.91 Å². The van der Waals surface area contributed by atoms with Crippen molar-refractivity contribution in [1.29, 1.82) is 0 Å². The van der Waals surface area contributed by atoms with Crippen LogP contribution in [0.4, 0.5) is 4.39 Å². The first-order valence-corrected chi connectivity index (χ1v) is 8.46. The zero-order valence-corrected chi connectivity index (χ0v) is 14.4. The summed E-state index contributed by atoms with van der Waals surface area (Å²) in [5.74, 6) is 0.658. The Hall–Kier alpha value is -2.75. The van der Waals surface area contributed by atoms with E-state index >= 15 is 0 Å². The molecule has 3 rings (SSSR count). The summed E-state index contributed by atoms with van der Waals surface area (Å²) in [7, 11) is 0. The van der Waals surface area contributed by atoms with Gasteiger partial charge in [0.2, 0.25) is 0 Å². The van der Waals surface area contributed by atoms with E-state index in [1.54, 1.807) is 12.1 Å². The highest BCUT2D eigenvalue weighted by molar-refractivity contribution is 6.14. The lowest BCUT2D eigenvalue weighted by atomic mass is 10.0. The Kier molecular flexibility index (Phi) is 5.08. The van der Waals surface area contributed by atoms with E-state index in [4.69, 9.17) is 0 Å². The van der Waals surface area contributed by atoms with Crippen LogP contribution >= 0.6 is 0 Å². The Morgan fingerprint density at radius 2 is 1.88 bits per heavy atom. The first kappa shape index (κ1) is 17.1. The molecule has 2 aromatic carbocycles. The van der Waals surface area contributed by atoms with Crippen molar-refractivity contribution >= 4 is 17.8 Å². The van der Waals surface area contributed by atoms with Crippen molar-refractivity contribution in [3.8, 4) is 0 Å². The van der Waals surface area contributed by atoms with Crippen LogP contribution in [0.2, 0.25) is 0 Å². The zero-order chi connectivity index (χ0) is 17.8. The number of carbonyl (C=O) groups is 1. The molecular weight excluding hydrogens is 315 g/mol. The van der Waals surface area contributed by atoms with E-state index in [0.717, 1.165) is 11.1 Å². The maximum absolute atomic E-state index is 13.2. The van der Waals surface area contributed by atoms with E-state index in [0.29, 0.717) is 30.3 Å². The van der Waals surface area contributed by atoms with Crippen molar-refractivity contribution < 1.29 is 9.18 Å². The number of halogens is 1. The van der Waals surface area contributed by atoms with Gasteiger partial charge in [-0.05, 0) is 47.2 Å². The number of aliphatic imine (C=N–C) groups is 1. The molecule has 0 aromatic heterocycles. The Morgan fingerprint density at radius 1 is 1.12 bits per heavy atom. The van der Waals surface area contributed by atoms with Crippen LogP contribution in [0.3, 0.4) is 0 Å². The number of rotatable bonds is 5. The number of benzene rings is 2. The standard InChI is InChI=1S/C21H21FN2O/c1-14(2)17-9-6-16(7-10-17)13-19-21(25)24-20(23-19)11-8-15-4-3-5-18(22)12-15/h3-7,9-10,12-14H,8,11H2,1-2H3,(H,23,24,25)/b19-13+. The lowest BCUT2D eigenvalue weighted by molar-refractivity contribution is -0.115. The first-order chi connectivity index (χ1) is 12.0. The van der Waals surface area contributed by atoms with Crippen LogP contribution < -0.4 is 5.32 Å². The van der Waals surface area contributed by atoms with Crippen molar-refractivity contribution in [2.24, 2.45) is 4.99 Å². The molecule has 0 unspecified atom stereocenters. The van der Waals surface area contributed by atoms with Gasteiger partial charge in [0.15, 0.2) is 0 Å². The summed E-state index contributed by atoms with van der Waals surface area (Å²) in [4.78, 5) is 16.5. The Morgan fingerprint density at radius 3 is 2.56 bits per heavy atom. The molecule has 128 valence electrons. The molecule has 0 saturated heterocycles. The lowest BCUT2D eigenvalue weighted by Crippen LogP contribution is -2.24. The summed E-state index contributed by atoms with van der Waals surface area (Å²) in [6.07, 6.45) is 2.99. The smallest absolute Gasteiger partial charge is 0.275 e. The monoisotopic (exact) mass is 336 g/mol. The van der Waals surface area contributed by atoms with Gasteiger partial charge in [-0.3, -0.25) is 4.79 Å². The maximum atomic E-state index is 13.2. The molecule has 25 heavy (non-hydrogen) atoms. The minimum absolute atomic E-state index is 0.192. The molecule has 1 N–H and O–H groups in total. The quantitative estimate of drug-likeness (QED) is 0.805. The molecule has 1 heterocycles. The molecule has 0 spiro atoms. The van der Waals surface area contributed by atoms with Crippen molar-refractivity contribution in [2.45, 2.75) is 32.6 Å². The van der Waals surface area contributed by atoms with Crippen molar-refractivity contribution in [2.75, 3.05) is 0 Å². The fourth-order valence-corrected chi connectivity index (χ4v) is 2.73. The van der Waals surface area contributed by atoms with Gasteiger partial charge in [-0.1, -0.05) is 50.2 Å². The highest BCUT2D eigenvalue weighted by atomic mass is 19.1. The minimum atomic E-state index is -0.250. The predicted molar refractivity (Wildman–Crippen MR) is 98.8 cm³/mol. The van der Waals surface area contributed by atoms with Crippen molar-refractivity contribution in [3.05, 3.63) is 76.7 Å². The SMILES string of the molecule is CC(C)c1ccc(/C=C2/N=C(CCc3cccc(F)c3)NC2=O)cc1. The summed E-state index contributed by atoms with van der Waals surface area (Å²) in [6.45, 7) is 4.29. The molecular formula is C21H21FN2O. The van der Waals surface area contributed by atoms with Crippen molar-refractivity contribution in [3.63, 3.8) is 0 Å². The van der Waals surface area contributed by atoms with Gasteiger partial charge in [-0.15, -0.1) is 0 Å². The van der Waals surface area contributed by atoms with Gasteiger partial charge in [0, 0.05) is 6.42 Å². The van der Waals surface area contributed by atoms with Gasteiger partial charge in [-0.25, -0.2) is 9.38 Å². The number of nitrogens with zero attached hydrogens (tertiary/aromatic N) is 1. The third-order valence-electron chi connectivity index (χ3n) is 4.19. The lowest BCUT2D eigenvalue weighted by Gasteiger charge is -2.04. The molecule has 0 aliphatic carbocycles. The average Bonchev–Trinajstić information content (AvgIpc) is 2.93. The predicted octanol–water partition coefficient (Wildman–Crippen LogP) is 4.45. The van der Waals surface area contributed by atoms with Gasteiger partial charge in [-0.2, -0.15) is 0 Å². The van der Waals surface area contributed by atoms with Crippen LogP contribution in [0.15, 0.2) is 59.2 Å². The molecule has 2 aromatic rings. The van der Waals surface area contributed by atoms with Crippen LogP contribution in [0.5, 0.6) is 0 Å². The Balaban J connectivity index is 1.69. The highest BCUT2D eigenvalue weighted by Gasteiger charge is 2.19. The van der Waals surface area contributed by atoms with Crippen LogP contribution in [-0.2, 0) is 11.2 Å². The third kappa shape index (κ3) is 4.41. The molecule has 0 atom stereocenters. The van der Waals surface area contributed by atoms with Gasteiger partial charge < -0.3 is 5.32 Å². The number of hydrogen-bond acceptors (Lipinski definition) is 2. The third-order valence-corrected chi connectivity index (χ3v) is 4.19. The van der Waals surface area contributed by atoms with Crippen LogP contribution in [0.25, 0.3) is 6.08 Å². The van der Waals surface area contributed by atoms with Crippen LogP contribution in [0, 0.1) is 5.82 Å². The Bertz CT molecular complexity index is 835. The Labute approximate surface area is 147 Å². The maximum Gasteiger partial charge on any atom is 0.275 e. The molecule has 4 heteroatoms. The van der Waals surface area contributed by atoms with Crippen molar-refractivity contribution in [1.82, 2.24) is 5.32 Å². The second-order valence-corrected chi connectivity index (χ2v) is 6.49. The number of nitrogens with one attached hydrogen (secondary N) is 1. The average molecular weight is 336 g/mol. The van der Waals surface area contributed by atoms with E-state index in [1.807, 2.05) is 18.2 Å². The molecule has 1 aliphatic rings. The molecule has 3 nitrogen and oxygen atoms in total. The number of aryl methyl sites for hydroxylation is 1. The van der Waals surface area contributed by atoms with Gasteiger partial charge in [0.05, 0.1) is 0 Å². The van der Waals surface area contributed by atoms with E-state index in [9.17, 15) is 9.18 Å². The molecule has 0 radical (unpaired) electrons. The zero-order valence-electron chi connectivity index (χ0n) is 14.4. The molecule has 0 fully saturated rings. The fraction of sp³-hybridized carbons (Fsp3) is 0.238. The summed E-state index contributed by atoms with van der Waals surface area (Å²) < 4.78 is 13.2. The van der Waals surface area contributed by atoms with Gasteiger partial charge >= 0.3 is 0 Å². The minimum Gasteiger partial charge on any atom is -0.309 e.